The van der Waals surface area contributed by atoms with Crippen LogP contribution in [0.25, 0.3) is 0 Å². The molecule has 1 N–H and O–H groups in total. The van der Waals surface area contributed by atoms with Crippen LogP contribution in [0.4, 0.5) is 0 Å². The van der Waals surface area contributed by atoms with Gasteiger partial charge < -0.3 is 10.1 Å². The molecular formula is C14H23N3O2. The maximum Gasteiger partial charge on any atom is 0.220 e. The molecule has 0 spiro atoms. The van der Waals surface area contributed by atoms with Gasteiger partial charge in [-0.25, -0.2) is 0 Å². The van der Waals surface area contributed by atoms with E-state index in [0.717, 1.165) is 31.4 Å². The molecule has 0 aromatic carbocycles. The number of carbonyl (C=O) groups excluding carboxylic acids is 1. The minimum absolute atomic E-state index is 0.0902. The number of rotatable bonds is 6. The molecule has 0 aliphatic carbocycles. The number of aromatic nitrogens is 2. The van der Waals surface area contributed by atoms with Crippen LogP contribution >= 0.6 is 0 Å². The van der Waals surface area contributed by atoms with Crippen LogP contribution in [-0.2, 0) is 22.6 Å². The van der Waals surface area contributed by atoms with Gasteiger partial charge in [0.05, 0.1) is 18.4 Å². The number of carbonyl (C=O) groups is 1. The Labute approximate surface area is 114 Å². The Morgan fingerprint density at radius 2 is 2.42 bits per heavy atom. The summed E-state index contributed by atoms with van der Waals surface area (Å²) >= 11 is 0. The third-order valence-electron chi connectivity index (χ3n) is 3.51. The molecule has 5 nitrogen and oxygen atoms in total. The van der Waals surface area contributed by atoms with Crippen molar-refractivity contribution in [2.24, 2.45) is 0 Å². The molecule has 0 unspecified atom stereocenters. The largest absolute Gasteiger partial charge is 0.375 e. The quantitative estimate of drug-likeness (QED) is 0.854. The molecular weight excluding hydrogens is 242 g/mol. The van der Waals surface area contributed by atoms with Crippen molar-refractivity contribution in [3.8, 4) is 0 Å². The Morgan fingerprint density at radius 3 is 3.05 bits per heavy atom. The normalized spacial score (nSPS) is 22.6. The van der Waals surface area contributed by atoms with E-state index in [0.29, 0.717) is 19.1 Å². The van der Waals surface area contributed by atoms with Gasteiger partial charge in [0.1, 0.15) is 0 Å². The second-order valence-corrected chi connectivity index (χ2v) is 5.17. The minimum atomic E-state index is 0.0902. The zero-order chi connectivity index (χ0) is 13.7. The summed E-state index contributed by atoms with van der Waals surface area (Å²) in [5, 5.41) is 7.10. The van der Waals surface area contributed by atoms with Gasteiger partial charge in [-0.3, -0.25) is 9.48 Å². The van der Waals surface area contributed by atoms with Gasteiger partial charge in [-0.15, -0.1) is 0 Å². The molecule has 2 rings (SSSR count). The number of nitrogens with one attached hydrogen (secondary N) is 1. The third kappa shape index (κ3) is 4.35. The van der Waals surface area contributed by atoms with E-state index in [1.165, 1.54) is 0 Å². The van der Waals surface area contributed by atoms with Gasteiger partial charge in [0.15, 0.2) is 0 Å². The first kappa shape index (κ1) is 14.1. The molecule has 1 aliphatic rings. The molecule has 1 aliphatic heterocycles. The van der Waals surface area contributed by atoms with E-state index in [1.807, 2.05) is 17.8 Å². The highest BCUT2D eigenvalue weighted by atomic mass is 16.5. The van der Waals surface area contributed by atoms with Crippen LogP contribution in [0.1, 0.15) is 45.1 Å². The smallest absolute Gasteiger partial charge is 0.220 e. The molecule has 106 valence electrons. The van der Waals surface area contributed by atoms with Crippen molar-refractivity contribution in [1.82, 2.24) is 15.1 Å². The van der Waals surface area contributed by atoms with Crippen LogP contribution in [0.15, 0.2) is 12.4 Å². The van der Waals surface area contributed by atoms with Crippen LogP contribution in [-0.4, -0.2) is 27.9 Å². The molecule has 1 aromatic rings. The highest BCUT2D eigenvalue weighted by molar-refractivity contribution is 5.75. The molecule has 19 heavy (non-hydrogen) atoms. The van der Waals surface area contributed by atoms with Crippen molar-refractivity contribution in [2.75, 3.05) is 0 Å². The Balaban J connectivity index is 1.64. The summed E-state index contributed by atoms with van der Waals surface area (Å²) in [5.41, 5.74) is 1.04. The molecule has 5 heteroatoms. The number of amides is 1. The Bertz CT molecular complexity index is 417. The summed E-state index contributed by atoms with van der Waals surface area (Å²) in [5.74, 6) is 0.0902. The topological polar surface area (TPSA) is 56.2 Å². The van der Waals surface area contributed by atoms with Gasteiger partial charge in [0.25, 0.3) is 0 Å². The van der Waals surface area contributed by atoms with Crippen molar-refractivity contribution in [1.29, 1.82) is 0 Å². The van der Waals surface area contributed by atoms with Gasteiger partial charge in [-0.05, 0) is 33.1 Å². The Hall–Kier alpha value is -1.36. The number of nitrogens with zero attached hydrogens (tertiary/aromatic N) is 2. The third-order valence-corrected chi connectivity index (χ3v) is 3.51. The van der Waals surface area contributed by atoms with Crippen molar-refractivity contribution in [2.45, 2.75) is 64.8 Å². The lowest BCUT2D eigenvalue weighted by molar-refractivity contribution is -0.122. The lowest BCUT2D eigenvalue weighted by Crippen LogP contribution is -2.23. The predicted molar refractivity (Wildman–Crippen MR) is 72.6 cm³/mol. The van der Waals surface area contributed by atoms with E-state index in [4.69, 9.17) is 4.74 Å². The summed E-state index contributed by atoms with van der Waals surface area (Å²) in [6.07, 6.45) is 7.94. The number of ether oxygens (including phenoxy) is 1. The van der Waals surface area contributed by atoms with Crippen molar-refractivity contribution < 1.29 is 9.53 Å². The second kappa shape index (κ2) is 6.70. The fourth-order valence-corrected chi connectivity index (χ4v) is 2.35. The first-order chi connectivity index (χ1) is 9.17. The van der Waals surface area contributed by atoms with E-state index < -0.39 is 0 Å². The van der Waals surface area contributed by atoms with Crippen LogP contribution in [0.3, 0.4) is 0 Å². The highest BCUT2D eigenvalue weighted by Gasteiger charge is 2.22. The summed E-state index contributed by atoms with van der Waals surface area (Å²) in [6.45, 7) is 5.54. The van der Waals surface area contributed by atoms with Crippen LogP contribution in [0.2, 0.25) is 0 Å². The summed E-state index contributed by atoms with van der Waals surface area (Å²) < 4.78 is 7.56. The average Bonchev–Trinajstić information content (AvgIpc) is 3.02. The zero-order valence-electron chi connectivity index (χ0n) is 11.8. The van der Waals surface area contributed by atoms with E-state index >= 15 is 0 Å². The average molecular weight is 265 g/mol. The van der Waals surface area contributed by atoms with Crippen molar-refractivity contribution >= 4 is 5.91 Å². The van der Waals surface area contributed by atoms with E-state index in [9.17, 15) is 4.79 Å². The Morgan fingerprint density at radius 1 is 1.58 bits per heavy atom. The van der Waals surface area contributed by atoms with Gasteiger partial charge >= 0.3 is 0 Å². The van der Waals surface area contributed by atoms with E-state index in [-0.39, 0.29) is 12.0 Å². The Kier molecular flexibility index (Phi) is 4.96. The highest BCUT2D eigenvalue weighted by Crippen LogP contribution is 2.22. The summed E-state index contributed by atoms with van der Waals surface area (Å²) in [6, 6.07) is 0. The second-order valence-electron chi connectivity index (χ2n) is 5.17. The fraction of sp³-hybridized carbons (Fsp3) is 0.714. The van der Waals surface area contributed by atoms with E-state index in [2.05, 4.69) is 17.3 Å². The standard InChI is InChI=1S/C14H23N3O2/c1-3-17-10-12(9-16-17)8-15-14(18)7-6-13-5-4-11(2)19-13/h9-11,13H,3-8H2,1-2H3,(H,15,18)/t11-,13-/m0/s1. The fourth-order valence-electron chi connectivity index (χ4n) is 2.35. The number of aryl methyl sites for hydroxylation is 1. The molecule has 1 amide bonds. The van der Waals surface area contributed by atoms with Gasteiger partial charge in [0.2, 0.25) is 5.91 Å². The summed E-state index contributed by atoms with van der Waals surface area (Å²) in [4.78, 5) is 11.7. The minimum Gasteiger partial charge on any atom is -0.375 e. The molecule has 1 aromatic heterocycles. The predicted octanol–water partition coefficient (Wildman–Crippen LogP) is 1.87. The van der Waals surface area contributed by atoms with Gasteiger partial charge in [0, 0.05) is 31.3 Å². The zero-order valence-corrected chi connectivity index (χ0v) is 11.8. The first-order valence-corrected chi connectivity index (χ1v) is 7.11. The van der Waals surface area contributed by atoms with Gasteiger partial charge in [-0.1, -0.05) is 0 Å². The number of hydrogen-bond donors (Lipinski definition) is 1. The maximum atomic E-state index is 11.7. The number of hydrogen-bond acceptors (Lipinski definition) is 3. The van der Waals surface area contributed by atoms with Crippen molar-refractivity contribution in [3.63, 3.8) is 0 Å². The monoisotopic (exact) mass is 265 g/mol. The lowest BCUT2D eigenvalue weighted by Gasteiger charge is -2.10. The van der Waals surface area contributed by atoms with Crippen molar-refractivity contribution in [3.05, 3.63) is 18.0 Å². The van der Waals surface area contributed by atoms with E-state index in [1.54, 1.807) is 6.20 Å². The molecule has 0 bridgehead atoms. The molecule has 2 atom stereocenters. The molecule has 1 fully saturated rings. The molecule has 0 saturated carbocycles. The SMILES string of the molecule is CCn1cc(CNC(=O)CC[C@@H]2CC[C@H](C)O2)cn1. The molecule has 1 saturated heterocycles. The van der Waals surface area contributed by atoms with Crippen LogP contribution < -0.4 is 5.32 Å². The van der Waals surface area contributed by atoms with Gasteiger partial charge in [-0.2, -0.15) is 5.10 Å². The van der Waals surface area contributed by atoms with Crippen LogP contribution in [0.5, 0.6) is 0 Å². The molecule has 2 heterocycles. The summed E-state index contributed by atoms with van der Waals surface area (Å²) in [7, 11) is 0. The maximum absolute atomic E-state index is 11.7. The van der Waals surface area contributed by atoms with Crippen LogP contribution in [0, 0.1) is 0 Å². The lowest BCUT2D eigenvalue weighted by atomic mass is 10.1. The molecule has 0 radical (unpaired) electrons. The first-order valence-electron chi connectivity index (χ1n) is 7.11.